The Labute approximate surface area is 113 Å². The molecule has 0 aliphatic carbocycles. The quantitative estimate of drug-likeness (QED) is 0.792. The molecule has 1 aromatic rings. The summed E-state index contributed by atoms with van der Waals surface area (Å²) >= 11 is 0. The molecule has 1 fully saturated rings. The molecule has 19 heavy (non-hydrogen) atoms. The highest BCUT2D eigenvalue weighted by atomic mass is 16.3. The van der Waals surface area contributed by atoms with Crippen LogP contribution in [0.5, 0.6) is 0 Å². The molecule has 1 saturated heterocycles. The third kappa shape index (κ3) is 2.79. The van der Waals surface area contributed by atoms with Gasteiger partial charge >= 0.3 is 0 Å². The van der Waals surface area contributed by atoms with Crippen molar-refractivity contribution in [2.45, 2.75) is 6.92 Å². The predicted octanol–water partition coefficient (Wildman–Crippen LogP) is -0.112. The maximum atomic E-state index is 9.33. The molecule has 0 amide bonds. The molecule has 6 heteroatoms. The molecule has 0 aromatic carbocycles. The summed E-state index contributed by atoms with van der Waals surface area (Å²) in [4.78, 5) is 12.9. The molecular weight excluding hydrogens is 244 g/mol. The van der Waals surface area contributed by atoms with Gasteiger partial charge in [0, 0.05) is 64.0 Å². The molecule has 1 aromatic heterocycles. The Hall–Kier alpha value is -1.40. The maximum Gasteiger partial charge on any atom is 0.227 e. The van der Waals surface area contributed by atoms with Crippen LogP contribution in [0.15, 0.2) is 6.20 Å². The van der Waals surface area contributed by atoms with E-state index >= 15 is 0 Å². The summed E-state index contributed by atoms with van der Waals surface area (Å²) in [6.07, 6.45) is 1.82. The van der Waals surface area contributed by atoms with E-state index in [0.717, 1.165) is 11.4 Å². The molecule has 6 nitrogen and oxygen atoms in total. The van der Waals surface area contributed by atoms with Crippen molar-refractivity contribution in [3.63, 3.8) is 0 Å². The Morgan fingerprint density at radius 1 is 1.26 bits per heavy atom. The molecule has 2 rings (SSSR count). The van der Waals surface area contributed by atoms with Crippen molar-refractivity contribution in [3.05, 3.63) is 11.8 Å². The molecule has 0 saturated carbocycles. The lowest BCUT2D eigenvalue weighted by Crippen LogP contribution is -2.24. The van der Waals surface area contributed by atoms with E-state index in [2.05, 4.69) is 9.97 Å². The Kier molecular flexibility index (Phi) is 4.21. The standard InChI is InChI=1S/C13H22N4O2/c1-9-4-14-13(15-12(9)16(2)3)17-5-10(7-18)11(6-17)8-19/h4,10-11,18-19H,5-8H2,1-3H3/t10-,11-/m1/s1. The van der Waals surface area contributed by atoms with Crippen molar-refractivity contribution in [2.24, 2.45) is 11.8 Å². The van der Waals surface area contributed by atoms with Crippen LogP contribution in [0.4, 0.5) is 11.8 Å². The van der Waals surface area contributed by atoms with E-state index in [-0.39, 0.29) is 25.0 Å². The Bertz CT molecular complexity index is 427. The minimum absolute atomic E-state index is 0.0914. The number of rotatable bonds is 4. The number of aliphatic hydroxyl groups is 2. The van der Waals surface area contributed by atoms with Gasteiger partial charge in [0.1, 0.15) is 5.82 Å². The van der Waals surface area contributed by atoms with Gasteiger partial charge in [-0.25, -0.2) is 4.98 Å². The highest BCUT2D eigenvalue weighted by Crippen LogP contribution is 2.27. The summed E-state index contributed by atoms with van der Waals surface area (Å²) in [7, 11) is 3.91. The van der Waals surface area contributed by atoms with E-state index in [1.165, 1.54) is 0 Å². The van der Waals surface area contributed by atoms with E-state index in [4.69, 9.17) is 0 Å². The maximum absolute atomic E-state index is 9.33. The summed E-state index contributed by atoms with van der Waals surface area (Å²) in [6, 6.07) is 0. The number of anilines is 2. The third-order valence-corrected chi connectivity index (χ3v) is 3.68. The molecule has 106 valence electrons. The van der Waals surface area contributed by atoms with Gasteiger partial charge in [0.15, 0.2) is 0 Å². The highest BCUT2D eigenvalue weighted by Gasteiger charge is 2.33. The van der Waals surface area contributed by atoms with Crippen LogP contribution in [-0.4, -0.2) is 60.6 Å². The van der Waals surface area contributed by atoms with Crippen molar-refractivity contribution in [1.82, 2.24) is 9.97 Å². The van der Waals surface area contributed by atoms with Crippen LogP contribution in [0.25, 0.3) is 0 Å². The molecule has 0 spiro atoms. The fourth-order valence-corrected chi connectivity index (χ4v) is 2.54. The molecule has 0 bridgehead atoms. The zero-order valence-electron chi connectivity index (χ0n) is 11.7. The van der Waals surface area contributed by atoms with Gasteiger partial charge in [-0.2, -0.15) is 4.98 Å². The average molecular weight is 266 g/mol. The highest BCUT2D eigenvalue weighted by molar-refractivity contribution is 5.48. The second-order valence-corrected chi connectivity index (χ2v) is 5.36. The Morgan fingerprint density at radius 3 is 2.32 bits per heavy atom. The first-order valence-corrected chi connectivity index (χ1v) is 6.54. The molecule has 2 atom stereocenters. The van der Waals surface area contributed by atoms with Crippen LogP contribution in [0.3, 0.4) is 0 Å². The average Bonchev–Trinajstić information content (AvgIpc) is 2.82. The predicted molar refractivity (Wildman–Crippen MR) is 74.5 cm³/mol. The van der Waals surface area contributed by atoms with Crippen molar-refractivity contribution in [1.29, 1.82) is 0 Å². The first-order chi connectivity index (χ1) is 9.06. The van der Waals surface area contributed by atoms with Gasteiger partial charge in [-0.05, 0) is 6.92 Å². The lowest BCUT2D eigenvalue weighted by molar-refractivity contribution is 0.152. The fourth-order valence-electron chi connectivity index (χ4n) is 2.54. The van der Waals surface area contributed by atoms with Gasteiger partial charge < -0.3 is 20.0 Å². The molecule has 2 heterocycles. The van der Waals surface area contributed by atoms with Gasteiger partial charge in [-0.15, -0.1) is 0 Å². The van der Waals surface area contributed by atoms with Crippen molar-refractivity contribution >= 4 is 11.8 Å². The van der Waals surface area contributed by atoms with Gasteiger partial charge in [0.05, 0.1) is 0 Å². The van der Waals surface area contributed by atoms with E-state index < -0.39 is 0 Å². The van der Waals surface area contributed by atoms with E-state index in [0.29, 0.717) is 19.0 Å². The number of nitrogens with zero attached hydrogens (tertiary/aromatic N) is 4. The van der Waals surface area contributed by atoms with Crippen LogP contribution < -0.4 is 9.80 Å². The topological polar surface area (TPSA) is 72.7 Å². The smallest absolute Gasteiger partial charge is 0.227 e. The number of aromatic nitrogens is 2. The van der Waals surface area contributed by atoms with Gasteiger partial charge in [-0.1, -0.05) is 0 Å². The molecule has 2 N–H and O–H groups in total. The lowest BCUT2D eigenvalue weighted by Gasteiger charge is -2.20. The van der Waals surface area contributed by atoms with Gasteiger partial charge in [0.25, 0.3) is 0 Å². The lowest BCUT2D eigenvalue weighted by atomic mass is 9.98. The number of hydrogen-bond donors (Lipinski definition) is 2. The van der Waals surface area contributed by atoms with Crippen LogP contribution in [0.2, 0.25) is 0 Å². The zero-order valence-corrected chi connectivity index (χ0v) is 11.7. The molecule has 1 aliphatic heterocycles. The Balaban J connectivity index is 2.21. The van der Waals surface area contributed by atoms with Crippen molar-refractivity contribution in [3.8, 4) is 0 Å². The number of aliphatic hydroxyl groups excluding tert-OH is 2. The summed E-state index contributed by atoms with van der Waals surface area (Å²) in [6.45, 7) is 3.55. The second kappa shape index (κ2) is 5.71. The summed E-state index contributed by atoms with van der Waals surface area (Å²) < 4.78 is 0. The van der Waals surface area contributed by atoms with Crippen LogP contribution in [0, 0.1) is 18.8 Å². The second-order valence-electron chi connectivity index (χ2n) is 5.36. The molecular formula is C13H22N4O2. The van der Waals surface area contributed by atoms with E-state index in [1.807, 2.05) is 37.0 Å². The van der Waals surface area contributed by atoms with E-state index in [1.54, 1.807) is 0 Å². The largest absolute Gasteiger partial charge is 0.396 e. The van der Waals surface area contributed by atoms with Crippen molar-refractivity contribution in [2.75, 3.05) is 50.2 Å². The van der Waals surface area contributed by atoms with Crippen LogP contribution in [0.1, 0.15) is 5.56 Å². The van der Waals surface area contributed by atoms with Gasteiger partial charge in [-0.3, -0.25) is 0 Å². The summed E-state index contributed by atoms with van der Waals surface area (Å²) in [5.41, 5.74) is 1.03. The molecule has 0 radical (unpaired) electrons. The summed E-state index contributed by atoms with van der Waals surface area (Å²) in [5, 5.41) is 18.7. The monoisotopic (exact) mass is 266 g/mol. The fraction of sp³-hybridized carbons (Fsp3) is 0.692. The van der Waals surface area contributed by atoms with Gasteiger partial charge in [0.2, 0.25) is 5.95 Å². The number of aryl methyl sites for hydroxylation is 1. The SMILES string of the molecule is Cc1cnc(N2C[C@H](CO)[C@@H](CO)C2)nc1N(C)C. The van der Waals surface area contributed by atoms with E-state index in [9.17, 15) is 10.2 Å². The normalized spacial score (nSPS) is 22.9. The number of hydrogen-bond acceptors (Lipinski definition) is 6. The molecule has 1 aliphatic rings. The minimum atomic E-state index is 0.0914. The zero-order chi connectivity index (χ0) is 14.0. The van der Waals surface area contributed by atoms with Crippen LogP contribution in [-0.2, 0) is 0 Å². The summed E-state index contributed by atoms with van der Waals surface area (Å²) in [5.74, 6) is 1.76. The first-order valence-electron chi connectivity index (χ1n) is 6.54. The van der Waals surface area contributed by atoms with Crippen molar-refractivity contribution < 1.29 is 10.2 Å². The minimum Gasteiger partial charge on any atom is -0.396 e. The Morgan fingerprint density at radius 2 is 1.84 bits per heavy atom. The first kappa shape index (κ1) is 14.0. The third-order valence-electron chi connectivity index (χ3n) is 3.68. The van der Waals surface area contributed by atoms with Crippen LogP contribution >= 0.6 is 0 Å². The molecule has 0 unspecified atom stereocenters.